The minimum atomic E-state index is -0.258. The van der Waals surface area contributed by atoms with Crippen molar-refractivity contribution in [2.75, 3.05) is 5.32 Å². The van der Waals surface area contributed by atoms with Crippen LogP contribution in [-0.2, 0) is 0 Å². The van der Waals surface area contributed by atoms with Crippen LogP contribution >= 0.6 is 61.7 Å². The van der Waals surface area contributed by atoms with Gasteiger partial charge in [0, 0.05) is 13.1 Å². The summed E-state index contributed by atoms with van der Waals surface area (Å²) in [5, 5.41) is 3.83. The second-order valence-electron chi connectivity index (χ2n) is 3.68. The fourth-order valence-corrected chi connectivity index (χ4v) is 3.04. The highest BCUT2D eigenvalue weighted by Crippen LogP contribution is 2.28. The number of hydrogen-bond acceptors (Lipinski definition) is 1. The van der Waals surface area contributed by atoms with Gasteiger partial charge in [0.2, 0.25) is 0 Å². The zero-order valence-corrected chi connectivity index (χ0v) is 14.6. The highest BCUT2D eigenvalue weighted by molar-refractivity contribution is 14.1. The number of nitrogens with one attached hydrogen (secondary N) is 1. The average molecular weight is 471 g/mol. The molecule has 0 heterocycles. The van der Waals surface area contributed by atoms with Crippen LogP contribution in [0.4, 0.5) is 5.69 Å². The molecule has 2 aromatic rings. The summed E-state index contributed by atoms with van der Waals surface area (Å²) in [6.45, 7) is 0. The summed E-state index contributed by atoms with van der Waals surface area (Å²) in [7, 11) is 0. The Morgan fingerprint density at radius 1 is 1.21 bits per heavy atom. The quantitative estimate of drug-likeness (QED) is 0.568. The standard InChI is InChI=1S/C13H7BrCl2INO/c14-9-3-1-2-8(12(9)16)13(19)18-11-5-4-7(15)6-10(11)17/h1-6H,(H,18,19). The zero-order chi connectivity index (χ0) is 14.0. The van der Waals surface area contributed by atoms with Crippen molar-refractivity contribution in [3.05, 3.63) is 60.0 Å². The van der Waals surface area contributed by atoms with Gasteiger partial charge in [-0.2, -0.15) is 0 Å². The number of halogens is 4. The van der Waals surface area contributed by atoms with Crippen molar-refractivity contribution in [2.24, 2.45) is 0 Å². The Bertz CT molecular complexity index is 649. The third-order valence-corrected chi connectivity index (χ3v) is 4.80. The second-order valence-corrected chi connectivity index (χ2v) is 6.51. The third kappa shape index (κ3) is 3.62. The van der Waals surface area contributed by atoms with Gasteiger partial charge >= 0.3 is 0 Å². The molecule has 0 fully saturated rings. The van der Waals surface area contributed by atoms with Crippen molar-refractivity contribution in [1.82, 2.24) is 0 Å². The second kappa shape index (κ2) is 6.43. The van der Waals surface area contributed by atoms with E-state index in [0.29, 0.717) is 25.8 Å². The highest BCUT2D eigenvalue weighted by atomic mass is 127. The molecule has 0 saturated heterocycles. The van der Waals surface area contributed by atoms with Crippen LogP contribution < -0.4 is 5.32 Å². The van der Waals surface area contributed by atoms with Crippen LogP contribution in [-0.4, -0.2) is 5.91 Å². The molecule has 0 aliphatic heterocycles. The maximum absolute atomic E-state index is 12.2. The molecule has 0 saturated carbocycles. The Morgan fingerprint density at radius 3 is 2.63 bits per heavy atom. The molecular weight excluding hydrogens is 464 g/mol. The van der Waals surface area contributed by atoms with E-state index in [1.807, 2.05) is 0 Å². The maximum atomic E-state index is 12.2. The molecule has 0 radical (unpaired) electrons. The lowest BCUT2D eigenvalue weighted by molar-refractivity contribution is 0.102. The monoisotopic (exact) mass is 469 g/mol. The third-order valence-electron chi connectivity index (χ3n) is 2.38. The van der Waals surface area contributed by atoms with E-state index in [0.717, 1.165) is 3.57 Å². The van der Waals surface area contributed by atoms with Crippen LogP contribution in [0, 0.1) is 3.57 Å². The van der Waals surface area contributed by atoms with Crippen LogP contribution in [0.1, 0.15) is 10.4 Å². The number of amides is 1. The summed E-state index contributed by atoms with van der Waals surface area (Å²) in [4.78, 5) is 12.2. The first kappa shape index (κ1) is 15.1. The fraction of sp³-hybridized carbons (Fsp3) is 0. The Labute approximate surface area is 142 Å². The molecule has 19 heavy (non-hydrogen) atoms. The molecule has 0 aliphatic rings. The summed E-state index contributed by atoms with van der Waals surface area (Å²) >= 11 is 17.4. The Balaban J connectivity index is 2.28. The molecule has 0 unspecified atom stereocenters. The van der Waals surface area contributed by atoms with Crippen molar-refractivity contribution >= 4 is 73.3 Å². The lowest BCUT2D eigenvalue weighted by Crippen LogP contribution is -2.13. The lowest BCUT2D eigenvalue weighted by atomic mass is 10.2. The summed E-state index contributed by atoms with van der Waals surface area (Å²) in [6.07, 6.45) is 0. The molecule has 0 aromatic heterocycles. The molecule has 0 aliphatic carbocycles. The van der Waals surface area contributed by atoms with E-state index >= 15 is 0 Å². The maximum Gasteiger partial charge on any atom is 0.257 e. The van der Waals surface area contributed by atoms with E-state index in [2.05, 4.69) is 43.8 Å². The molecule has 2 rings (SSSR count). The predicted molar refractivity (Wildman–Crippen MR) is 91.3 cm³/mol. The largest absolute Gasteiger partial charge is 0.321 e. The van der Waals surface area contributed by atoms with Gasteiger partial charge in [-0.3, -0.25) is 4.79 Å². The van der Waals surface area contributed by atoms with Crippen LogP contribution in [0.2, 0.25) is 10.0 Å². The molecule has 1 N–H and O–H groups in total. The van der Waals surface area contributed by atoms with Gasteiger partial charge in [0.15, 0.2) is 0 Å². The summed E-state index contributed by atoms with van der Waals surface area (Å²) < 4.78 is 1.55. The topological polar surface area (TPSA) is 29.1 Å². The fourth-order valence-electron chi connectivity index (χ4n) is 1.46. The number of anilines is 1. The van der Waals surface area contributed by atoms with Gasteiger partial charge in [0.05, 0.1) is 16.3 Å². The minimum absolute atomic E-state index is 0.258. The Hall–Kier alpha value is -0.300. The lowest BCUT2D eigenvalue weighted by Gasteiger charge is -2.09. The molecule has 2 nitrogen and oxygen atoms in total. The van der Waals surface area contributed by atoms with Gasteiger partial charge in [-0.05, 0) is 68.9 Å². The molecule has 2 aromatic carbocycles. The van der Waals surface area contributed by atoms with E-state index in [1.54, 1.807) is 36.4 Å². The molecular formula is C13H7BrCl2INO. The van der Waals surface area contributed by atoms with Crippen LogP contribution in [0.5, 0.6) is 0 Å². The van der Waals surface area contributed by atoms with Crippen molar-refractivity contribution in [3.63, 3.8) is 0 Å². The van der Waals surface area contributed by atoms with Gasteiger partial charge in [-0.15, -0.1) is 0 Å². The summed E-state index contributed by atoms with van der Waals surface area (Å²) in [5.74, 6) is -0.258. The normalized spacial score (nSPS) is 10.3. The number of benzene rings is 2. The predicted octanol–water partition coefficient (Wildman–Crippen LogP) is 5.61. The first-order valence-corrected chi connectivity index (χ1v) is 7.82. The number of carbonyl (C=O) groups is 1. The highest BCUT2D eigenvalue weighted by Gasteiger charge is 2.13. The Morgan fingerprint density at radius 2 is 1.95 bits per heavy atom. The van der Waals surface area contributed by atoms with Crippen LogP contribution in [0.3, 0.4) is 0 Å². The van der Waals surface area contributed by atoms with Gasteiger partial charge in [0.25, 0.3) is 5.91 Å². The van der Waals surface area contributed by atoms with Crippen molar-refractivity contribution in [3.8, 4) is 0 Å². The van der Waals surface area contributed by atoms with E-state index in [-0.39, 0.29) is 5.91 Å². The smallest absolute Gasteiger partial charge is 0.257 e. The van der Waals surface area contributed by atoms with Gasteiger partial charge in [0.1, 0.15) is 0 Å². The van der Waals surface area contributed by atoms with Gasteiger partial charge in [-0.1, -0.05) is 29.3 Å². The number of carbonyl (C=O) groups excluding carboxylic acids is 1. The van der Waals surface area contributed by atoms with E-state index in [1.165, 1.54) is 0 Å². The van der Waals surface area contributed by atoms with E-state index < -0.39 is 0 Å². The summed E-state index contributed by atoms with van der Waals surface area (Å²) in [5.41, 5.74) is 1.12. The Kier molecular flexibility index (Phi) is 5.11. The molecule has 0 atom stereocenters. The van der Waals surface area contributed by atoms with Crippen LogP contribution in [0.25, 0.3) is 0 Å². The first-order chi connectivity index (χ1) is 8.99. The summed E-state index contributed by atoms with van der Waals surface area (Å²) in [6, 6.07) is 10.5. The van der Waals surface area contributed by atoms with Crippen molar-refractivity contribution in [2.45, 2.75) is 0 Å². The first-order valence-electron chi connectivity index (χ1n) is 5.19. The number of hydrogen-bond donors (Lipinski definition) is 1. The minimum Gasteiger partial charge on any atom is -0.321 e. The van der Waals surface area contributed by atoms with Crippen LogP contribution in [0.15, 0.2) is 40.9 Å². The van der Waals surface area contributed by atoms with Crippen molar-refractivity contribution in [1.29, 1.82) is 0 Å². The molecule has 1 amide bonds. The van der Waals surface area contributed by atoms with Gasteiger partial charge < -0.3 is 5.32 Å². The SMILES string of the molecule is O=C(Nc1ccc(Cl)cc1I)c1cccc(Br)c1Cl. The average Bonchev–Trinajstić information content (AvgIpc) is 2.36. The van der Waals surface area contributed by atoms with Gasteiger partial charge in [-0.25, -0.2) is 0 Å². The number of rotatable bonds is 2. The van der Waals surface area contributed by atoms with Crippen molar-refractivity contribution < 1.29 is 4.79 Å². The molecule has 6 heteroatoms. The molecule has 0 spiro atoms. The molecule has 0 bridgehead atoms. The van der Waals surface area contributed by atoms with E-state index in [9.17, 15) is 4.79 Å². The van der Waals surface area contributed by atoms with E-state index in [4.69, 9.17) is 23.2 Å². The zero-order valence-electron chi connectivity index (χ0n) is 9.38. The molecule has 98 valence electrons.